The molecule has 3 aromatic carbocycles. The predicted molar refractivity (Wildman–Crippen MR) is 131 cm³/mol. The minimum Gasteiger partial charge on any atom is -0.267 e. The first-order chi connectivity index (χ1) is 15.6. The van der Waals surface area contributed by atoms with E-state index in [-0.39, 0.29) is 17.9 Å². The smallest absolute Gasteiger partial charge is 0.267 e. The van der Waals surface area contributed by atoms with Gasteiger partial charge in [-0.1, -0.05) is 65.7 Å². The molecule has 0 unspecified atom stereocenters. The van der Waals surface area contributed by atoms with Crippen molar-refractivity contribution in [2.45, 2.75) is 25.3 Å². The normalized spacial score (nSPS) is 21.4. The van der Waals surface area contributed by atoms with Crippen LogP contribution in [0.1, 0.15) is 46.8 Å². The fourth-order valence-corrected chi connectivity index (χ4v) is 4.89. The molecule has 32 heavy (non-hydrogen) atoms. The van der Waals surface area contributed by atoms with Gasteiger partial charge >= 0.3 is 0 Å². The van der Waals surface area contributed by atoms with Crippen molar-refractivity contribution in [2.75, 3.05) is 0 Å². The molecule has 5 rings (SSSR count). The number of hydrogen-bond acceptors (Lipinski definition) is 2. The Morgan fingerprint density at radius 2 is 1.56 bits per heavy atom. The monoisotopic (exact) mass is 460 g/mol. The zero-order valence-corrected chi connectivity index (χ0v) is 18.9. The highest BCUT2D eigenvalue weighted by molar-refractivity contribution is 6.30. The summed E-state index contributed by atoms with van der Waals surface area (Å²) in [4.78, 5) is 13.5. The summed E-state index contributed by atoms with van der Waals surface area (Å²) in [7, 11) is 0. The van der Waals surface area contributed by atoms with Crippen molar-refractivity contribution < 1.29 is 4.79 Å². The highest BCUT2D eigenvalue weighted by Gasteiger charge is 2.43. The molecule has 160 valence electrons. The Morgan fingerprint density at radius 3 is 2.25 bits per heavy atom. The number of halogens is 2. The van der Waals surface area contributed by atoms with Gasteiger partial charge in [-0.05, 0) is 78.4 Å². The lowest BCUT2D eigenvalue weighted by atomic mass is 9.77. The van der Waals surface area contributed by atoms with Crippen LogP contribution < -0.4 is 0 Å². The first-order valence-electron chi connectivity index (χ1n) is 10.8. The summed E-state index contributed by atoms with van der Waals surface area (Å²) in [6, 6.07) is 24.8. The number of fused-ring (bicyclic) bond motifs is 1. The summed E-state index contributed by atoms with van der Waals surface area (Å²) in [6.07, 6.45) is 5.17. The minimum absolute atomic E-state index is 0.0849. The molecule has 1 aliphatic heterocycles. The number of hydrazone groups is 1. The lowest BCUT2D eigenvalue weighted by molar-refractivity contribution is 0.0681. The molecule has 0 saturated heterocycles. The Morgan fingerprint density at radius 1 is 0.906 bits per heavy atom. The largest absolute Gasteiger partial charge is 0.274 e. The van der Waals surface area contributed by atoms with E-state index in [4.69, 9.17) is 28.3 Å². The van der Waals surface area contributed by atoms with Crippen LogP contribution in [0.5, 0.6) is 0 Å². The van der Waals surface area contributed by atoms with E-state index in [2.05, 4.69) is 6.08 Å². The zero-order valence-electron chi connectivity index (χ0n) is 17.4. The van der Waals surface area contributed by atoms with E-state index in [1.165, 1.54) is 5.57 Å². The molecule has 0 N–H and O–H groups in total. The van der Waals surface area contributed by atoms with Gasteiger partial charge in [-0.15, -0.1) is 0 Å². The molecule has 0 radical (unpaired) electrons. The third-order valence-corrected chi connectivity index (χ3v) is 6.66. The summed E-state index contributed by atoms with van der Waals surface area (Å²) in [5, 5.41) is 8.01. The van der Waals surface area contributed by atoms with E-state index in [0.29, 0.717) is 15.6 Å². The molecule has 3 aromatic rings. The second-order valence-corrected chi connectivity index (χ2v) is 9.09. The van der Waals surface area contributed by atoms with E-state index >= 15 is 0 Å². The topological polar surface area (TPSA) is 32.7 Å². The molecule has 1 saturated carbocycles. The van der Waals surface area contributed by atoms with Crippen LogP contribution in [0, 0.1) is 5.92 Å². The maximum atomic E-state index is 13.5. The van der Waals surface area contributed by atoms with Crippen molar-refractivity contribution in [1.82, 2.24) is 5.01 Å². The fourth-order valence-electron chi connectivity index (χ4n) is 4.63. The fraction of sp³-hybridized carbons (Fsp3) is 0.185. The van der Waals surface area contributed by atoms with Gasteiger partial charge in [0.1, 0.15) is 0 Å². The second kappa shape index (κ2) is 8.93. The van der Waals surface area contributed by atoms with Crippen LogP contribution in [0.2, 0.25) is 10.0 Å². The summed E-state index contributed by atoms with van der Waals surface area (Å²) in [6.45, 7) is 0. The third kappa shape index (κ3) is 4.11. The van der Waals surface area contributed by atoms with Gasteiger partial charge in [0.25, 0.3) is 5.91 Å². The summed E-state index contributed by atoms with van der Waals surface area (Å²) in [5.74, 6) is 0.0643. The Labute approximate surface area is 198 Å². The molecule has 2 atom stereocenters. The van der Waals surface area contributed by atoms with E-state index in [1.807, 2.05) is 78.9 Å². The van der Waals surface area contributed by atoms with E-state index < -0.39 is 0 Å². The molecular weight excluding hydrogens is 439 g/mol. The Balaban J connectivity index is 1.57. The van der Waals surface area contributed by atoms with Crippen LogP contribution in [-0.4, -0.2) is 16.6 Å². The van der Waals surface area contributed by atoms with E-state index in [0.717, 1.165) is 36.1 Å². The van der Waals surface area contributed by atoms with E-state index in [9.17, 15) is 4.79 Å². The van der Waals surface area contributed by atoms with Crippen LogP contribution in [0.4, 0.5) is 0 Å². The Kier molecular flexibility index (Phi) is 5.86. The van der Waals surface area contributed by atoms with Crippen molar-refractivity contribution in [3.63, 3.8) is 0 Å². The second-order valence-electron chi connectivity index (χ2n) is 8.22. The number of nitrogens with zero attached hydrogens (tertiary/aromatic N) is 2. The van der Waals surface area contributed by atoms with Crippen LogP contribution in [-0.2, 0) is 0 Å². The van der Waals surface area contributed by atoms with Gasteiger partial charge in [-0.25, -0.2) is 5.01 Å². The molecule has 1 aliphatic carbocycles. The van der Waals surface area contributed by atoms with Gasteiger partial charge in [0.2, 0.25) is 0 Å². The van der Waals surface area contributed by atoms with Crippen molar-refractivity contribution in [1.29, 1.82) is 0 Å². The average molecular weight is 461 g/mol. The molecule has 2 aliphatic rings. The standard InChI is InChI=1S/C27H22Cl2N2O/c28-22-13-9-18(10-14-22)17-21-7-4-8-24-25(21)30-31(27(32)20-5-2-1-3-6-20)26(24)19-11-15-23(29)16-12-19/h1-3,5-6,9-17,24,26H,4,7-8H2/b21-17+/t24-,26-/m1/s1. The Bertz CT molecular complexity index is 1180. The van der Waals surface area contributed by atoms with Crippen LogP contribution in [0.15, 0.2) is 89.5 Å². The zero-order chi connectivity index (χ0) is 22.1. The predicted octanol–water partition coefficient (Wildman–Crippen LogP) is 7.43. The SMILES string of the molecule is O=C(c1ccccc1)N1N=C2/C(=C/c3ccc(Cl)cc3)CCC[C@H]2[C@H]1c1ccc(Cl)cc1. The number of carbonyl (C=O) groups excluding carboxylic acids is 1. The summed E-state index contributed by atoms with van der Waals surface area (Å²) >= 11 is 12.2. The molecular formula is C27H22Cl2N2O. The average Bonchev–Trinajstić information content (AvgIpc) is 3.22. The van der Waals surface area contributed by atoms with Crippen molar-refractivity contribution >= 4 is 40.9 Å². The summed E-state index contributed by atoms with van der Waals surface area (Å²) < 4.78 is 0. The first-order valence-corrected chi connectivity index (χ1v) is 11.5. The quantitative estimate of drug-likeness (QED) is 0.399. The number of carbonyl (C=O) groups is 1. The molecule has 0 spiro atoms. The number of allylic oxidation sites excluding steroid dienone is 1. The highest BCUT2D eigenvalue weighted by Crippen LogP contribution is 2.45. The molecule has 0 aromatic heterocycles. The maximum Gasteiger partial charge on any atom is 0.274 e. The van der Waals surface area contributed by atoms with Crippen molar-refractivity contribution in [2.24, 2.45) is 11.0 Å². The van der Waals surface area contributed by atoms with Crippen LogP contribution >= 0.6 is 23.2 Å². The maximum absolute atomic E-state index is 13.5. The summed E-state index contributed by atoms with van der Waals surface area (Å²) in [5.41, 5.74) is 4.97. The number of amides is 1. The third-order valence-electron chi connectivity index (χ3n) is 6.15. The minimum atomic E-state index is -0.149. The number of benzene rings is 3. The lowest BCUT2D eigenvalue weighted by Crippen LogP contribution is -2.31. The lowest BCUT2D eigenvalue weighted by Gasteiger charge is -2.29. The molecule has 5 heteroatoms. The van der Waals surface area contributed by atoms with Gasteiger partial charge in [0.15, 0.2) is 0 Å². The van der Waals surface area contributed by atoms with Crippen LogP contribution in [0.3, 0.4) is 0 Å². The van der Waals surface area contributed by atoms with Gasteiger partial charge in [0.05, 0.1) is 11.8 Å². The van der Waals surface area contributed by atoms with Gasteiger partial charge in [0, 0.05) is 21.5 Å². The molecule has 1 heterocycles. The van der Waals surface area contributed by atoms with Gasteiger partial charge in [-0.3, -0.25) is 4.79 Å². The number of hydrogen-bond donors (Lipinski definition) is 0. The molecule has 0 bridgehead atoms. The first kappa shape index (κ1) is 21.0. The number of rotatable bonds is 3. The molecule has 3 nitrogen and oxygen atoms in total. The van der Waals surface area contributed by atoms with Gasteiger partial charge in [-0.2, -0.15) is 5.10 Å². The Hall–Kier alpha value is -2.88. The van der Waals surface area contributed by atoms with Crippen molar-refractivity contribution in [3.05, 3.63) is 111 Å². The highest BCUT2D eigenvalue weighted by atomic mass is 35.5. The van der Waals surface area contributed by atoms with Gasteiger partial charge < -0.3 is 0 Å². The van der Waals surface area contributed by atoms with E-state index in [1.54, 1.807) is 5.01 Å². The molecule has 1 amide bonds. The van der Waals surface area contributed by atoms with Crippen LogP contribution in [0.25, 0.3) is 6.08 Å². The van der Waals surface area contributed by atoms with Crippen molar-refractivity contribution in [3.8, 4) is 0 Å². The molecule has 1 fully saturated rings.